The lowest BCUT2D eigenvalue weighted by atomic mass is 10.0. The SMILES string of the molecule is CCCCCCCCCCCCCCCCCCCCC(=O)O[C@H](COC(=O)CCCCCCCCCCCCCCCCCC)COP(=O)(O)OC[C@@H](O)COP(=O)(O)OC[C@@H](COC(=O)CCCCCCCCCCC(C)C)OC(=O)CCCCCCCCCCCC(C)C. The minimum Gasteiger partial charge on any atom is -0.462 e. The summed E-state index contributed by atoms with van der Waals surface area (Å²) >= 11 is 0. The third-order valence-electron chi connectivity index (χ3n) is 18.2. The number of hydrogen-bond donors (Lipinski definition) is 3. The van der Waals surface area contributed by atoms with Gasteiger partial charge in [-0.2, -0.15) is 0 Å². The Morgan fingerprint density at radius 1 is 0.278 bits per heavy atom. The van der Waals surface area contributed by atoms with E-state index in [1.54, 1.807) is 0 Å². The maximum atomic E-state index is 13.1. The molecule has 0 aromatic heterocycles. The van der Waals surface area contributed by atoms with Gasteiger partial charge in [0.1, 0.15) is 19.3 Å². The zero-order valence-electron chi connectivity index (χ0n) is 63.4. The van der Waals surface area contributed by atoms with Gasteiger partial charge in [0.15, 0.2) is 12.2 Å². The monoisotopic (exact) mass is 1420 g/mol. The van der Waals surface area contributed by atoms with Crippen LogP contribution in [0.1, 0.15) is 408 Å². The largest absolute Gasteiger partial charge is 0.472 e. The standard InChI is InChI=1S/C78H152O17P2/c1-7-9-11-13-15-17-19-21-23-25-26-28-30-32-36-44-50-56-62-77(82)94-73(66-88-75(80)60-54-48-42-35-31-29-27-24-22-20-18-16-14-12-10-8-2)68-92-96(84,85)90-64-72(79)65-91-97(86,87)93-69-74(67-89-76(81)61-55-49-43-39-38-41-47-53-59-71(5)6)95-78(83)63-57-51-45-37-33-34-40-46-52-58-70(3)4/h70-74,79H,7-69H2,1-6H3,(H,84,85)(H,86,87)/t72-,73-,74-/m1/s1. The number of carbonyl (C=O) groups excluding carboxylic acids is 4. The molecule has 97 heavy (non-hydrogen) atoms. The lowest BCUT2D eigenvalue weighted by Crippen LogP contribution is -2.30. The van der Waals surface area contributed by atoms with E-state index < -0.39 is 97.5 Å². The summed E-state index contributed by atoms with van der Waals surface area (Å²) in [5.74, 6) is -0.650. The molecule has 5 atom stereocenters. The van der Waals surface area contributed by atoms with Gasteiger partial charge in [0.25, 0.3) is 0 Å². The molecule has 19 heteroatoms. The molecule has 576 valence electrons. The molecule has 0 saturated carbocycles. The predicted octanol–water partition coefficient (Wildman–Crippen LogP) is 23.1. The average molecular weight is 1420 g/mol. The molecule has 0 bridgehead atoms. The van der Waals surface area contributed by atoms with Crippen molar-refractivity contribution in [1.82, 2.24) is 0 Å². The first-order valence-electron chi connectivity index (χ1n) is 40.5. The summed E-state index contributed by atoms with van der Waals surface area (Å²) in [6.07, 6.45) is 58.3. The number of ether oxygens (including phenoxy) is 4. The zero-order chi connectivity index (χ0) is 71.4. The molecule has 0 aromatic carbocycles. The number of phosphoric ester groups is 2. The zero-order valence-corrected chi connectivity index (χ0v) is 65.2. The number of phosphoric acid groups is 2. The molecule has 0 spiro atoms. The molecule has 0 amide bonds. The van der Waals surface area contributed by atoms with E-state index in [0.717, 1.165) is 102 Å². The molecule has 0 aliphatic carbocycles. The van der Waals surface area contributed by atoms with E-state index in [9.17, 15) is 43.2 Å². The minimum atomic E-state index is -4.96. The summed E-state index contributed by atoms with van der Waals surface area (Å²) in [7, 11) is -9.91. The Hall–Kier alpha value is -1.94. The van der Waals surface area contributed by atoms with Crippen LogP contribution in [-0.2, 0) is 65.4 Å². The summed E-state index contributed by atoms with van der Waals surface area (Å²) < 4.78 is 68.6. The maximum absolute atomic E-state index is 13.1. The van der Waals surface area contributed by atoms with Crippen molar-refractivity contribution in [2.75, 3.05) is 39.6 Å². The van der Waals surface area contributed by atoms with Gasteiger partial charge in [-0.25, -0.2) is 9.13 Å². The van der Waals surface area contributed by atoms with E-state index >= 15 is 0 Å². The molecule has 0 aromatic rings. The first-order chi connectivity index (χ1) is 46.9. The molecule has 0 radical (unpaired) electrons. The van der Waals surface area contributed by atoms with Crippen molar-refractivity contribution in [3.05, 3.63) is 0 Å². The van der Waals surface area contributed by atoms with Crippen LogP contribution in [0.25, 0.3) is 0 Å². The number of aliphatic hydroxyl groups excluding tert-OH is 1. The van der Waals surface area contributed by atoms with Crippen LogP contribution < -0.4 is 0 Å². The van der Waals surface area contributed by atoms with Gasteiger partial charge < -0.3 is 33.8 Å². The van der Waals surface area contributed by atoms with Crippen molar-refractivity contribution in [1.29, 1.82) is 0 Å². The summed E-state index contributed by atoms with van der Waals surface area (Å²) in [5, 5.41) is 10.6. The fraction of sp³-hybridized carbons (Fsp3) is 0.949. The molecular formula is C78H152O17P2. The quantitative estimate of drug-likeness (QED) is 0.0222. The van der Waals surface area contributed by atoms with E-state index in [-0.39, 0.29) is 25.7 Å². The highest BCUT2D eigenvalue weighted by Gasteiger charge is 2.30. The number of carbonyl (C=O) groups is 4. The first kappa shape index (κ1) is 95.1. The van der Waals surface area contributed by atoms with Gasteiger partial charge in [-0.05, 0) is 37.5 Å². The first-order valence-corrected chi connectivity index (χ1v) is 43.5. The Morgan fingerprint density at radius 3 is 0.701 bits per heavy atom. The van der Waals surface area contributed by atoms with Crippen molar-refractivity contribution in [2.24, 2.45) is 11.8 Å². The minimum absolute atomic E-state index is 0.105. The Labute approximate surface area is 594 Å². The van der Waals surface area contributed by atoms with Crippen molar-refractivity contribution in [3.63, 3.8) is 0 Å². The van der Waals surface area contributed by atoms with E-state index in [2.05, 4.69) is 41.5 Å². The van der Waals surface area contributed by atoms with Gasteiger partial charge in [0.2, 0.25) is 0 Å². The third-order valence-corrected chi connectivity index (χ3v) is 20.1. The Bertz CT molecular complexity index is 1870. The molecule has 0 saturated heterocycles. The summed E-state index contributed by atoms with van der Waals surface area (Å²) in [6, 6.07) is 0. The average Bonchev–Trinajstić information content (AvgIpc) is 1.34. The number of hydrogen-bond acceptors (Lipinski definition) is 15. The topological polar surface area (TPSA) is 237 Å². The normalized spacial score (nSPS) is 14.0. The summed E-state index contributed by atoms with van der Waals surface area (Å²) in [6.45, 7) is 9.56. The summed E-state index contributed by atoms with van der Waals surface area (Å²) in [4.78, 5) is 72.9. The van der Waals surface area contributed by atoms with Crippen LogP contribution >= 0.6 is 15.6 Å². The maximum Gasteiger partial charge on any atom is 0.472 e. The lowest BCUT2D eigenvalue weighted by Gasteiger charge is -2.21. The van der Waals surface area contributed by atoms with Crippen molar-refractivity contribution in [3.8, 4) is 0 Å². The van der Waals surface area contributed by atoms with E-state index in [0.29, 0.717) is 25.7 Å². The molecule has 3 N–H and O–H groups in total. The van der Waals surface area contributed by atoms with Crippen LogP contribution in [0.2, 0.25) is 0 Å². The molecule has 17 nitrogen and oxygen atoms in total. The Morgan fingerprint density at radius 2 is 0.474 bits per heavy atom. The predicted molar refractivity (Wildman–Crippen MR) is 395 cm³/mol. The smallest absolute Gasteiger partial charge is 0.462 e. The van der Waals surface area contributed by atoms with Gasteiger partial charge in [0, 0.05) is 25.7 Å². The van der Waals surface area contributed by atoms with Gasteiger partial charge >= 0.3 is 39.5 Å². The van der Waals surface area contributed by atoms with Gasteiger partial charge in [-0.15, -0.1) is 0 Å². The van der Waals surface area contributed by atoms with Crippen LogP contribution in [0.15, 0.2) is 0 Å². The van der Waals surface area contributed by atoms with Crippen molar-refractivity contribution in [2.45, 2.75) is 426 Å². The number of rotatable bonds is 77. The van der Waals surface area contributed by atoms with Crippen LogP contribution in [0.4, 0.5) is 0 Å². The van der Waals surface area contributed by atoms with Crippen LogP contribution in [0, 0.1) is 11.8 Å². The Balaban J connectivity index is 5.24. The number of unbranched alkanes of at least 4 members (excludes halogenated alkanes) is 47. The number of aliphatic hydroxyl groups is 1. The highest BCUT2D eigenvalue weighted by atomic mass is 31.2. The van der Waals surface area contributed by atoms with Gasteiger partial charge in [-0.3, -0.25) is 37.3 Å². The van der Waals surface area contributed by atoms with E-state index in [1.165, 1.54) is 225 Å². The van der Waals surface area contributed by atoms with E-state index in [1.807, 2.05) is 0 Å². The number of esters is 4. The van der Waals surface area contributed by atoms with E-state index in [4.69, 9.17) is 37.0 Å². The lowest BCUT2D eigenvalue weighted by molar-refractivity contribution is -0.161. The molecule has 0 aliphatic heterocycles. The second kappa shape index (κ2) is 69.8. The summed E-state index contributed by atoms with van der Waals surface area (Å²) in [5.41, 5.74) is 0. The molecule has 0 rings (SSSR count). The highest BCUT2D eigenvalue weighted by Crippen LogP contribution is 2.45. The van der Waals surface area contributed by atoms with Crippen molar-refractivity contribution < 1.29 is 80.2 Å². The Kier molecular flexibility index (Phi) is 68.4. The molecule has 0 heterocycles. The highest BCUT2D eigenvalue weighted by molar-refractivity contribution is 7.47. The van der Waals surface area contributed by atoms with Crippen LogP contribution in [-0.4, -0.2) is 96.7 Å². The van der Waals surface area contributed by atoms with Gasteiger partial charge in [0.05, 0.1) is 26.4 Å². The van der Waals surface area contributed by atoms with Crippen LogP contribution in [0.3, 0.4) is 0 Å². The van der Waals surface area contributed by atoms with Crippen molar-refractivity contribution >= 4 is 39.5 Å². The molecule has 2 unspecified atom stereocenters. The van der Waals surface area contributed by atoms with Crippen LogP contribution in [0.5, 0.6) is 0 Å². The molecular weight excluding hydrogens is 1270 g/mol. The molecule has 0 fully saturated rings. The second-order valence-electron chi connectivity index (χ2n) is 29.1. The molecule has 0 aliphatic rings. The fourth-order valence-electron chi connectivity index (χ4n) is 12.0. The fourth-order valence-corrected chi connectivity index (χ4v) is 13.6. The third kappa shape index (κ3) is 72.2. The second-order valence-corrected chi connectivity index (χ2v) is 32.0. The van der Waals surface area contributed by atoms with Gasteiger partial charge in [-0.1, -0.05) is 356 Å².